The van der Waals surface area contributed by atoms with Crippen molar-refractivity contribution in [2.45, 2.75) is 25.8 Å². The summed E-state index contributed by atoms with van der Waals surface area (Å²) in [6.45, 7) is 1.81. The van der Waals surface area contributed by atoms with Crippen molar-refractivity contribution in [3.05, 3.63) is 29.3 Å². The molecular weight excluding hydrogens is 250 g/mol. The Labute approximate surface area is 109 Å². The van der Waals surface area contributed by atoms with Gasteiger partial charge in [0.05, 0.1) is 5.56 Å². The first kappa shape index (κ1) is 13.1. The summed E-state index contributed by atoms with van der Waals surface area (Å²) < 4.78 is 11.3. The van der Waals surface area contributed by atoms with E-state index in [0.717, 1.165) is 35.6 Å². The number of carbonyl (C=O) groups is 1. The third-order valence-electron chi connectivity index (χ3n) is 3.31. The van der Waals surface area contributed by atoms with Gasteiger partial charge in [-0.1, -0.05) is 6.07 Å². The minimum Gasteiger partial charge on any atom is -0.478 e. The number of anilines is 1. The largest absolute Gasteiger partial charge is 0.478 e. The number of aromatic carboxylic acids is 1. The Kier molecular flexibility index (Phi) is 4.01. The molecular formula is C13H17NO3S. The summed E-state index contributed by atoms with van der Waals surface area (Å²) in [6.07, 6.45) is 1.76. The van der Waals surface area contributed by atoms with Crippen LogP contribution in [0.15, 0.2) is 18.2 Å². The van der Waals surface area contributed by atoms with Crippen LogP contribution in [0.4, 0.5) is 5.69 Å². The van der Waals surface area contributed by atoms with Crippen LogP contribution in [0, 0.1) is 6.92 Å². The predicted octanol–water partition coefficient (Wildman–Crippen LogP) is 2.02. The molecule has 0 spiro atoms. The summed E-state index contributed by atoms with van der Waals surface area (Å²) >= 11 is 0. The Morgan fingerprint density at radius 1 is 1.39 bits per heavy atom. The maximum atomic E-state index is 11.3. The van der Waals surface area contributed by atoms with Gasteiger partial charge in [0.1, 0.15) is 0 Å². The Balaban J connectivity index is 2.12. The monoisotopic (exact) mass is 267 g/mol. The van der Waals surface area contributed by atoms with Crippen LogP contribution in [0.1, 0.15) is 28.8 Å². The molecule has 1 aromatic carbocycles. The first-order valence-electron chi connectivity index (χ1n) is 6.02. The Morgan fingerprint density at radius 2 is 2.06 bits per heavy atom. The molecule has 0 saturated carbocycles. The Hall–Kier alpha value is -1.36. The second-order valence-corrected chi connectivity index (χ2v) is 6.25. The van der Waals surface area contributed by atoms with Gasteiger partial charge < -0.3 is 10.4 Å². The van der Waals surface area contributed by atoms with E-state index in [9.17, 15) is 9.00 Å². The molecule has 1 aliphatic rings. The van der Waals surface area contributed by atoms with E-state index in [1.54, 1.807) is 12.1 Å². The van der Waals surface area contributed by atoms with Crippen LogP contribution in [0.2, 0.25) is 0 Å². The van der Waals surface area contributed by atoms with Gasteiger partial charge >= 0.3 is 5.97 Å². The fourth-order valence-corrected chi connectivity index (χ4v) is 3.48. The number of hydrogen-bond acceptors (Lipinski definition) is 3. The van der Waals surface area contributed by atoms with E-state index in [-0.39, 0.29) is 0 Å². The minimum absolute atomic E-state index is 0.297. The van der Waals surface area contributed by atoms with E-state index in [4.69, 9.17) is 5.11 Å². The van der Waals surface area contributed by atoms with Crippen LogP contribution in [0.5, 0.6) is 0 Å². The van der Waals surface area contributed by atoms with Crippen molar-refractivity contribution in [3.63, 3.8) is 0 Å². The molecule has 1 aromatic rings. The van der Waals surface area contributed by atoms with Gasteiger partial charge in [-0.05, 0) is 37.5 Å². The number of rotatable bonds is 3. The zero-order valence-electron chi connectivity index (χ0n) is 10.3. The third kappa shape index (κ3) is 2.90. The number of nitrogens with one attached hydrogen (secondary N) is 1. The lowest BCUT2D eigenvalue weighted by molar-refractivity contribution is 0.0696. The molecule has 4 nitrogen and oxygen atoms in total. The van der Waals surface area contributed by atoms with Crippen LogP contribution in [-0.4, -0.2) is 32.8 Å². The van der Waals surface area contributed by atoms with Crippen molar-refractivity contribution >= 4 is 22.5 Å². The van der Waals surface area contributed by atoms with Crippen LogP contribution < -0.4 is 5.32 Å². The first-order chi connectivity index (χ1) is 8.58. The molecule has 1 heterocycles. The van der Waals surface area contributed by atoms with E-state index in [0.29, 0.717) is 11.6 Å². The molecule has 1 aliphatic heterocycles. The van der Waals surface area contributed by atoms with Crippen molar-refractivity contribution in [1.29, 1.82) is 0 Å². The molecule has 98 valence electrons. The van der Waals surface area contributed by atoms with Crippen molar-refractivity contribution in [1.82, 2.24) is 0 Å². The molecule has 0 unspecified atom stereocenters. The maximum Gasteiger partial charge on any atom is 0.336 e. The van der Waals surface area contributed by atoms with Crippen LogP contribution >= 0.6 is 0 Å². The van der Waals surface area contributed by atoms with Crippen LogP contribution in [-0.2, 0) is 10.8 Å². The quantitative estimate of drug-likeness (QED) is 0.879. The van der Waals surface area contributed by atoms with Gasteiger partial charge in [-0.15, -0.1) is 0 Å². The molecule has 18 heavy (non-hydrogen) atoms. The molecule has 0 bridgehead atoms. The van der Waals surface area contributed by atoms with Gasteiger partial charge in [-0.2, -0.15) is 0 Å². The van der Waals surface area contributed by atoms with Gasteiger partial charge in [0.2, 0.25) is 0 Å². The third-order valence-corrected chi connectivity index (χ3v) is 4.69. The van der Waals surface area contributed by atoms with E-state index in [2.05, 4.69) is 5.32 Å². The normalized spacial score (nSPS) is 23.6. The van der Waals surface area contributed by atoms with E-state index in [1.807, 2.05) is 13.0 Å². The highest BCUT2D eigenvalue weighted by molar-refractivity contribution is 7.85. The zero-order chi connectivity index (χ0) is 13.1. The lowest BCUT2D eigenvalue weighted by Gasteiger charge is -2.24. The first-order valence-corrected chi connectivity index (χ1v) is 7.51. The zero-order valence-corrected chi connectivity index (χ0v) is 11.1. The number of benzene rings is 1. The highest BCUT2D eigenvalue weighted by atomic mass is 32.2. The van der Waals surface area contributed by atoms with Crippen LogP contribution in [0.25, 0.3) is 0 Å². The molecule has 1 saturated heterocycles. The van der Waals surface area contributed by atoms with Crippen LogP contribution in [0.3, 0.4) is 0 Å². The summed E-state index contributed by atoms with van der Waals surface area (Å²) in [5.41, 5.74) is 1.96. The Morgan fingerprint density at radius 3 is 2.67 bits per heavy atom. The Bertz CT molecular complexity index is 477. The number of carboxylic acid groups (broad SMARTS) is 1. The number of carboxylic acids is 1. The average Bonchev–Trinajstić information content (AvgIpc) is 2.34. The van der Waals surface area contributed by atoms with Crippen molar-refractivity contribution in [2.24, 2.45) is 0 Å². The highest BCUT2D eigenvalue weighted by Gasteiger charge is 2.19. The molecule has 0 amide bonds. The molecule has 2 rings (SSSR count). The number of hydrogen-bond donors (Lipinski definition) is 2. The fraction of sp³-hybridized carbons (Fsp3) is 0.462. The van der Waals surface area contributed by atoms with Gasteiger partial charge in [-0.25, -0.2) is 4.79 Å². The lowest BCUT2D eigenvalue weighted by atomic mass is 10.0. The van der Waals surface area contributed by atoms with E-state index < -0.39 is 16.8 Å². The second kappa shape index (κ2) is 5.52. The summed E-state index contributed by atoms with van der Waals surface area (Å²) in [4.78, 5) is 11.0. The summed E-state index contributed by atoms with van der Waals surface area (Å²) in [6, 6.07) is 5.55. The average molecular weight is 267 g/mol. The lowest BCUT2D eigenvalue weighted by Crippen LogP contribution is -2.29. The van der Waals surface area contributed by atoms with E-state index >= 15 is 0 Å². The smallest absolute Gasteiger partial charge is 0.336 e. The van der Waals surface area contributed by atoms with Gasteiger partial charge in [-0.3, -0.25) is 4.21 Å². The van der Waals surface area contributed by atoms with E-state index in [1.165, 1.54) is 0 Å². The molecule has 0 aliphatic carbocycles. The molecule has 0 radical (unpaired) electrons. The van der Waals surface area contributed by atoms with Gasteiger partial charge in [0.15, 0.2) is 0 Å². The maximum absolute atomic E-state index is 11.3. The molecule has 1 fully saturated rings. The fourth-order valence-electron chi connectivity index (χ4n) is 2.18. The SMILES string of the molecule is Cc1c(NC2CCS(=O)CC2)cccc1C(=O)O. The summed E-state index contributed by atoms with van der Waals surface area (Å²) in [5, 5.41) is 12.4. The predicted molar refractivity (Wildman–Crippen MR) is 72.7 cm³/mol. The summed E-state index contributed by atoms with van der Waals surface area (Å²) in [7, 11) is -0.670. The molecule has 0 aromatic heterocycles. The van der Waals surface area contributed by atoms with Crippen molar-refractivity contribution in [3.8, 4) is 0 Å². The minimum atomic E-state index is -0.902. The van der Waals surface area contributed by atoms with Gasteiger partial charge in [0.25, 0.3) is 0 Å². The van der Waals surface area contributed by atoms with Crippen molar-refractivity contribution in [2.75, 3.05) is 16.8 Å². The molecule has 2 N–H and O–H groups in total. The van der Waals surface area contributed by atoms with Crippen molar-refractivity contribution < 1.29 is 14.1 Å². The van der Waals surface area contributed by atoms with Gasteiger partial charge in [0, 0.05) is 34.0 Å². The standard InChI is InChI=1S/C13H17NO3S/c1-9-11(13(15)16)3-2-4-12(9)14-10-5-7-18(17)8-6-10/h2-4,10,14H,5-8H2,1H3,(H,15,16). The second-order valence-electron chi connectivity index (χ2n) is 4.55. The molecule has 5 heteroatoms. The topological polar surface area (TPSA) is 66.4 Å². The summed E-state index contributed by atoms with van der Waals surface area (Å²) in [5.74, 6) is 0.561. The highest BCUT2D eigenvalue weighted by Crippen LogP contribution is 2.22. The molecule has 0 atom stereocenters.